The summed E-state index contributed by atoms with van der Waals surface area (Å²) in [5.41, 5.74) is 1.58. The predicted octanol–water partition coefficient (Wildman–Crippen LogP) is 3.39. The van der Waals surface area contributed by atoms with Gasteiger partial charge in [-0.2, -0.15) is 4.98 Å². The number of nitrogens with zero attached hydrogens (tertiary/aromatic N) is 3. The topological polar surface area (TPSA) is 59.2 Å². The van der Waals surface area contributed by atoms with Crippen molar-refractivity contribution >= 4 is 5.91 Å². The summed E-state index contributed by atoms with van der Waals surface area (Å²) in [6, 6.07) is 7.42. The SMILES string of the molecule is CC[C@H]1CCCN(C(=O)c2ccc(-c3ncon3)cc2)CC1. The maximum atomic E-state index is 12.6. The van der Waals surface area contributed by atoms with Crippen molar-refractivity contribution in [3.63, 3.8) is 0 Å². The number of amides is 1. The van der Waals surface area contributed by atoms with E-state index in [-0.39, 0.29) is 5.91 Å². The highest BCUT2D eigenvalue weighted by molar-refractivity contribution is 5.94. The van der Waals surface area contributed by atoms with Gasteiger partial charge in [0.2, 0.25) is 12.2 Å². The van der Waals surface area contributed by atoms with E-state index in [0.717, 1.165) is 43.0 Å². The van der Waals surface area contributed by atoms with E-state index in [4.69, 9.17) is 4.52 Å². The highest BCUT2D eigenvalue weighted by Crippen LogP contribution is 2.22. The smallest absolute Gasteiger partial charge is 0.253 e. The van der Waals surface area contributed by atoms with Gasteiger partial charge in [-0.25, -0.2) is 0 Å². The van der Waals surface area contributed by atoms with Crippen molar-refractivity contribution in [2.24, 2.45) is 5.92 Å². The maximum absolute atomic E-state index is 12.6. The third kappa shape index (κ3) is 3.18. The van der Waals surface area contributed by atoms with Crippen molar-refractivity contribution in [3.8, 4) is 11.4 Å². The molecule has 0 aliphatic carbocycles. The van der Waals surface area contributed by atoms with E-state index in [0.29, 0.717) is 5.82 Å². The molecule has 0 radical (unpaired) electrons. The molecule has 22 heavy (non-hydrogen) atoms. The highest BCUT2D eigenvalue weighted by atomic mass is 16.5. The molecule has 1 aromatic heterocycles. The summed E-state index contributed by atoms with van der Waals surface area (Å²) in [5, 5.41) is 3.80. The zero-order valence-corrected chi connectivity index (χ0v) is 12.9. The molecule has 5 heteroatoms. The lowest BCUT2D eigenvalue weighted by Gasteiger charge is -2.20. The zero-order valence-electron chi connectivity index (χ0n) is 12.9. The average Bonchev–Trinajstić information content (AvgIpc) is 2.99. The molecule has 3 rings (SSSR count). The molecule has 0 spiro atoms. The summed E-state index contributed by atoms with van der Waals surface area (Å²) in [6.45, 7) is 3.96. The van der Waals surface area contributed by atoms with Crippen molar-refractivity contribution in [1.29, 1.82) is 0 Å². The molecule has 0 unspecified atom stereocenters. The molecule has 1 aromatic carbocycles. The van der Waals surface area contributed by atoms with Crippen molar-refractivity contribution in [1.82, 2.24) is 15.0 Å². The Morgan fingerprint density at radius 2 is 2.09 bits per heavy atom. The first kappa shape index (κ1) is 14.8. The monoisotopic (exact) mass is 299 g/mol. The second kappa shape index (κ2) is 6.73. The molecule has 0 bridgehead atoms. The molecule has 1 atom stereocenters. The van der Waals surface area contributed by atoms with E-state index in [1.165, 1.54) is 19.2 Å². The molecular weight excluding hydrogens is 278 g/mol. The maximum Gasteiger partial charge on any atom is 0.253 e. The van der Waals surface area contributed by atoms with Gasteiger partial charge in [-0.1, -0.05) is 30.6 Å². The van der Waals surface area contributed by atoms with Crippen molar-refractivity contribution < 1.29 is 9.32 Å². The summed E-state index contributed by atoms with van der Waals surface area (Å²) < 4.78 is 4.74. The molecule has 1 aliphatic rings. The normalized spacial score (nSPS) is 19.0. The number of aromatic nitrogens is 2. The standard InChI is InChI=1S/C17H21N3O2/c1-2-13-4-3-10-20(11-9-13)17(21)15-7-5-14(6-8-15)16-18-12-22-19-16/h5-8,12-13H,2-4,9-11H2,1H3/t13-/m0/s1. The van der Waals surface area contributed by atoms with Gasteiger partial charge in [0.25, 0.3) is 5.91 Å². The first-order chi connectivity index (χ1) is 10.8. The van der Waals surface area contributed by atoms with Crippen molar-refractivity contribution in [2.45, 2.75) is 32.6 Å². The van der Waals surface area contributed by atoms with E-state index < -0.39 is 0 Å². The largest absolute Gasteiger partial charge is 0.342 e. The second-order valence-corrected chi connectivity index (χ2v) is 5.83. The minimum Gasteiger partial charge on any atom is -0.342 e. The van der Waals surface area contributed by atoms with Crippen LogP contribution in [0.3, 0.4) is 0 Å². The lowest BCUT2D eigenvalue weighted by atomic mass is 9.98. The van der Waals surface area contributed by atoms with Crippen LogP contribution in [-0.2, 0) is 0 Å². The van der Waals surface area contributed by atoms with E-state index in [1.54, 1.807) is 0 Å². The lowest BCUT2D eigenvalue weighted by molar-refractivity contribution is 0.0760. The number of carbonyl (C=O) groups excluding carboxylic acids is 1. The summed E-state index contributed by atoms with van der Waals surface area (Å²) in [5.74, 6) is 1.43. The highest BCUT2D eigenvalue weighted by Gasteiger charge is 2.20. The molecule has 5 nitrogen and oxygen atoms in total. The first-order valence-electron chi connectivity index (χ1n) is 7.94. The summed E-state index contributed by atoms with van der Waals surface area (Å²) >= 11 is 0. The van der Waals surface area contributed by atoms with Gasteiger partial charge in [-0.3, -0.25) is 4.79 Å². The summed E-state index contributed by atoms with van der Waals surface area (Å²) in [4.78, 5) is 18.6. The van der Waals surface area contributed by atoms with Gasteiger partial charge >= 0.3 is 0 Å². The van der Waals surface area contributed by atoms with Gasteiger partial charge in [-0.15, -0.1) is 0 Å². The number of hydrogen-bond donors (Lipinski definition) is 0. The van der Waals surface area contributed by atoms with E-state index in [1.807, 2.05) is 29.2 Å². The number of rotatable bonds is 3. The van der Waals surface area contributed by atoms with Gasteiger partial charge in [0, 0.05) is 24.2 Å². The van der Waals surface area contributed by atoms with Crippen molar-refractivity contribution in [3.05, 3.63) is 36.2 Å². The quantitative estimate of drug-likeness (QED) is 0.871. The Kier molecular flexibility index (Phi) is 4.51. The molecule has 1 aliphatic heterocycles. The lowest BCUT2D eigenvalue weighted by Crippen LogP contribution is -2.32. The molecular formula is C17H21N3O2. The number of hydrogen-bond acceptors (Lipinski definition) is 4. The van der Waals surface area contributed by atoms with Crippen LogP contribution in [0.15, 0.2) is 35.2 Å². The Labute approximate surface area is 130 Å². The van der Waals surface area contributed by atoms with Gasteiger partial charge in [0.15, 0.2) is 0 Å². The van der Waals surface area contributed by atoms with Crippen LogP contribution < -0.4 is 0 Å². The Balaban J connectivity index is 1.69. The Morgan fingerprint density at radius 3 is 2.77 bits per heavy atom. The van der Waals surface area contributed by atoms with Gasteiger partial charge in [0.1, 0.15) is 0 Å². The van der Waals surface area contributed by atoms with E-state index in [2.05, 4.69) is 17.1 Å². The third-order valence-electron chi connectivity index (χ3n) is 4.46. The molecule has 2 aromatic rings. The minimum absolute atomic E-state index is 0.122. The Bertz CT molecular complexity index is 607. The van der Waals surface area contributed by atoms with Crippen molar-refractivity contribution in [2.75, 3.05) is 13.1 Å². The Hall–Kier alpha value is -2.17. The van der Waals surface area contributed by atoms with Crippen LogP contribution in [0, 0.1) is 5.92 Å². The van der Waals surface area contributed by atoms with Crippen LogP contribution in [0.1, 0.15) is 43.0 Å². The molecule has 1 amide bonds. The van der Waals surface area contributed by atoms with Crippen LogP contribution in [-0.4, -0.2) is 34.0 Å². The van der Waals surface area contributed by atoms with Crippen LogP contribution in [0.4, 0.5) is 0 Å². The van der Waals surface area contributed by atoms with Crippen LogP contribution in [0.2, 0.25) is 0 Å². The number of likely N-dealkylation sites (tertiary alicyclic amines) is 1. The number of carbonyl (C=O) groups is 1. The molecule has 116 valence electrons. The van der Waals surface area contributed by atoms with E-state index in [9.17, 15) is 4.79 Å². The minimum atomic E-state index is 0.122. The predicted molar refractivity (Wildman–Crippen MR) is 83.3 cm³/mol. The number of benzene rings is 1. The second-order valence-electron chi connectivity index (χ2n) is 5.83. The first-order valence-corrected chi connectivity index (χ1v) is 7.94. The summed E-state index contributed by atoms with van der Waals surface area (Å²) in [7, 11) is 0. The molecule has 0 saturated carbocycles. The fourth-order valence-corrected chi connectivity index (χ4v) is 3.02. The van der Waals surface area contributed by atoms with Gasteiger partial charge in [0.05, 0.1) is 0 Å². The third-order valence-corrected chi connectivity index (χ3v) is 4.46. The molecule has 1 fully saturated rings. The summed E-state index contributed by atoms with van der Waals surface area (Å²) in [6.07, 6.45) is 5.96. The zero-order chi connectivity index (χ0) is 15.4. The fraction of sp³-hybridized carbons (Fsp3) is 0.471. The molecule has 0 N–H and O–H groups in total. The molecule has 1 saturated heterocycles. The van der Waals surface area contributed by atoms with Gasteiger partial charge < -0.3 is 9.42 Å². The average molecular weight is 299 g/mol. The molecule has 2 heterocycles. The Morgan fingerprint density at radius 1 is 1.27 bits per heavy atom. The van der Waals surface area contributed by atoms with Gasteiger partial charge in [-0.05, 0) is 37.3 Å². The fourth-order valence-electron chi connectivity index (χ4n) is 3.02. The van der Waals surface area contributed by atoms with Crippen LogP contribution in [0.5, 0.6) is 0 Å². The van der Waals surface area contributed by atoms with Crippen LogP contribution >= 0.6 is 0 Å². The van der Waals surface area contributed by atoms with E-state index >= 15 is 0 Å². The van der Waals surface area contributed by atoms with Crippen LogP contribution in [0.25, 0.3) is 11.4 Å².